The van der Waals surface area contributed by atoms with Crippen molar-refractivity contribution in [3.8, 4) is 0 Å². The molecule has 0 amide bonds. The van der Waals surface area contributed by atoms with Gasteiger partial charge in [0.1, 0.15) is 0 Å². The van der Waals surface area contributed by atoms with Crippen LogP contribution in [0.15, 0.2) is 16.8 Å². The average Bonchev–Trinajstić information content (AvgIpc) is 2.01. The Bertz CT molecular complexity index is 231. The Morgan fingerprint density at radius 2 is 1.64 bits per heavy atom. The lowest BCUT2D eigenvalue weighted by molar-refractivity contribution is 0.370. The number of allylic oxidation sites excluding steroid dienone is 1. The van der Waals surface area contributed by atoms with E-state index in [0.717, 1.165) is 0 Å². The molecule has 0 aromatic heterocycles. The van der Waals surface area contributed by atoms with Gasteiger partial charge in [-0.15, -0.1) is 0 Å². The van der Waals surface area contributed by atoms with Gasteiger partial charge in [-0.2, -0.15) is 11.8 Å². The van der Waals surface area contributed by atoms with Crippen molar-refractivity contribution in [1.29, 1.82) is 0 Å². The van der Waals surface area contributed by atoms with Crippen LogP contribution in [0.25, 0.3) is 0 Å². The molecule has 1 atom stereocenters. The highest BCUT2D eigenvalue weighted by Crippen LogP contribution is 2.38. The summed E-state index contributed by atoms with van der Waals surface area (Å²) >= 11 is 1.85. The van der Waals surface area contributed by atoms with Crippen molar-refractivity contribution >= 4 is 18.0 Å². The average molecular weight is 213 g/mol. The first-order valence-corrected chi connectivity index (χ1v) is 6.18. The lowest BCUT2D eigenvalue weighted by Gasteiger charge is -2.37. The van der Waals surface area contributed by atoms with Crippen molar-refractivity contribution < 1.29 is 0 Å². The van der Waals surface area contributed by atoms with Crippen molar-refractivity contribution in [2.24, 2.45) is 10.4 Å². The van der Waals surface area contributed by atoms with Crippen LogP contribution in [0.2, 0.25) is 0 Å². The monoisotopic (exact) mass is 213 g/mol. The van der Waals surface area contributed by atoms with Crippen molar-refractivity contribution in [2.75, 3.05) is 6.26 Å². The lowest BCUT2D eigenvalue weighted by Crippen LogP contribution is -2.37. The quantitative estimate of drug-likeness (QED) is 0.642. The van der Waals surface area contributed by atoms with Crippen LogP contribution in [0.3, 0.4) is 0 Å². The molecular formula is C12H23NS. The zero-order chi connectivity index (χ0) is 11.4. The predicted molar refractivity (Wildman–Crippen MR) is 69.3 cm³/mol. The summed E-state index contributed by atoms with van der Waals surface area (Å²) in [7, 11) is 0. The van der Waals surface area contributed by atoms with Gasteiger partial charge in [0, 0.05) is 12.4 Å². The molecule has 0 aliphatic heterocycles. The third kappa shape index (κ3) is 3.87. The van der Waals surface area contributed by atoms with Crippen LogP contribution in [0, 0.1) is 5.41 Å². The Kier molecular flexibility index (Phi) is 4.93. The summed E-state index contributed by atoms with van der Waals surface area (Å²) in [5, 5.41) is 0. The Hall–Kier alpha value is -0.240. The number of rotatable bonds is 3. The van der Waals surface area contributed by atoms with Crippen LogP contribution < -0.4 is 0 Å². The van der Waals surface area contributed by atoms with E-state index in [4.69, 9.17) is 0 Å². The second-order valence-electron chi connectivity index (χ2n) is 5.05. The largest absolute Gasteiger partial charge is 0.268 e. The summed E-state index contributed by atoms with van der Waals surface area (Å²) in [6, 6.07) is 0. The Morgan fingerprint density at radius 3 is 1.93 bits per heavy atom. The molecule has 1 nitrogen and oxygen atoms in total. The fraction of sp³-hybridized carbons (Fsp3) is 0.750. The summed E-state index contributed by atoms with van der Waals surface area (Å²) < 4.78 is 0.0962. The van der Waals surface area contributed by atoms with Gasteiger partial charge in [-0.25, -0.2) is 0 Å². The second kappa shape index (κ2) is 5.01. The van der Waals surface area contributed by atoms with Gasteiger partial charge in [0.2, 0.25) is 0 Å². The number of hydrogen-bond acceptors (Lipinski definition) is 2. The molecule has 1 unspecified atom stereocenters. The second-order valence-corrected chi connectivity index (χ2v) is 6.30. The summed E-state index contributed by atoms with van der Waals surface area (Å²) in [5.41, 5.74) is 1.46. The zero-order valence-electron chi connectivity index (χ0n) is 10.5. The first-order chi connectivity index (χ1) is 6.23. The summed E-state index contributed by atoms with van der Waals surface area (Å²) in [4.78, 5) is 4.37. The van der Waals surface area contributed by atoms with E-state index < -0.39 is 0 Å². The Morgan fingerprint density at radius 1 is 1.14 bits per heavy atom. The molecule has 0 aromatic carbocycles. The lowest BCUT2D eigenvalue weighted by atomic mass is 9.82. The van der Waals surface area contributed by atoms with Gasteiger partial charge in [-0.05, 0) is 32.4 Å². The van der Waals surface area contributed by atoms with E-state index in [0.29, 0.717) is 0 Å². The van der Waals surface area contributed by atoms with E-state index in [2.05, 4.69) is 59.0 Å². The van der Waals surface area contributed by atoms with Crippen LogP contribution in [0.4, 0.5) is 0 Å². The maximum absolute atomic E-state index is 4.37. The molecule has 14 heavy (non-hydrogen) atoms. The van der Waals surface area contributed by atoms with Crippen LogP contribution in [-0.2, 0) is 0 Å². The van der Waals surface area contributed by atoms with Crippen molar-refractivity contribution in [1.82, 2.24) is 0 Å². The fourth-order valence-corrected chi connectivity index (χ4v) is 1.66. The molecule has 2 heteroatoms. The van der Waals surface area contributed by atoms with E-state index >= 15 is 0 Å². The number of aliphatic imine (C=N–C) groups is 1. The summed E-state index contributed by atoms with van der Waals surface area (Å²) in [5.74, 6) is 0. The minimum Gasteiger partial charge on any atom is -0.268 e. The highest BCUT2D eigenvalue weighted by molar-refractivity contribution is 8.00. The molecule has 0 spiro atoms. The highest BCUT2D eigenvalue weighted by atomic mass is 32.2. The standard InChI is InChI=1S/C12H23NS/c1-10(2)8-13-9-12(6,14-7)11(3,4)5/h8-9H,1-7H3/b13-9-. The molecule has 0 aliphatic carbocycles. The van der Waals surface area contributed by atoms with Crippen LogP contribution in [0.5, 0.6) is 0 Å². The van der Waals surface area contributed by atoms with E-state index in [9.17, 15) is 0 Å². The normalized spacial score (nSPS) is 16.8. The number of nitrogens with zero attached hydrogens (tertiary/aromatic N) is 1. The van der Waals surface area contributed by atoms with E-state index in [-0.39, 0.29) is 10.2 Å². The van der Waals surface area contributed by atoms with Gasteiger partial charge in [0.25, 0.3) is 0 Å². The van der Waals surface area contributed by atoms with Gasteiger partial charge in [-0.1, -0.05) is 26.3 Å². The molecule has 0 bridgehead atoms. The number of hydrogen-bond donors (Lipinski definition) is 0. The summed E-state index contributed by atoms with van der Waals surface area (Å²) in [6.07, 6.45) is 6.12. The van der Waals surface area contributed by atoms with Gasteiger partial charge in [-0.3, -0.25) is 4.99 Å². The van der Waals surface area contributed by atoms with Gasteiger partial charge in [0.05, 0.1) is 4.75 Å². The molecule has 0 heterocycles. The Labute approximate surface area is 93.1 Å². The molecule has 0 aliphatic rings. The zero-order valence-corrected chi connectivity index (χ0v) is 11.3. The molecule has 0 rings (SSSR count). The molecule has 0 aromatic rings. The van der Waals surface area contributed by atoms with Crippen molar-refractivity contribution in [2.45, 2.75) is 46.3 Å². The first kappa shape index (κ1) is 13.8. The van der Waals surface area contributed by atoms with Crippen LogP contribution in [-0.4, -0.2) is 17.2 Å². The third-order valence-electron chi connectivity index (χ3n) is 2.57. The molecular weight excluding hydrogens is 190 g/mol. The predicted octanol–water partition coefficient (Wildman–Crippen LogP) is 4.15. The SMILES string of the molecule is CSC(C)(/C=N\C=C(C)C)C(C)(C)C. The Balaban J connectivity index is 4.74. The van der Waals surface area contributed by atoms with Gasteiger partial charge in [0.15, 0.2) is 0 Å². The highest BCUT2D eigenvalue weighted by Gasteiger charge is 2.34. The maximum Gasteiger partial charge on any atom is 0.0528 e. The van der Waals surface area contributed by atoms with Crippen molar-refractivity contribution in [3.63, 3.8) is 0 Å². The van der Waals surface area contributed by atoms with Gasteiger partial charge < -0.3 is 0 Å². The molecule has 0 fully saturated rings. The third-order valence-corrected chi connectivity index (χ3v) is 4.13. The van der Waals surface area contributed by atoms with Crippen molar-refractivity contribution in [3.05, 3.63) is 11.8 Å². The van der Waals surface area contributed by atoms with Crippen LogP contribution in [0.1, 0.15) is 41.5 Å². The van der Waals surface area contributed by atoms with Gasteiger partial charge >= 0.3 is 0 Å². The molecule has 0 saturated carbocycles. The number of thioether (sulfide) groups is 1. The molecule has 0 N–H and O–H groups in total. The van der Waals surface area contributed by atoms with E-state index in [1.807, 2.05) is 18.0 Å². The summed E-state index contributed by atoms with van der Waals surface area (Å²) in [6.45, 7) is 13.1. The maximum atomic E-state index is 4.37. The smallest absolute Gasteiger partial charge is 0.0528 e. The molecule has 0 radical (unpaired) electrons. The fourth-order valence-electron chi connectivity index (χ4n) is 0.881. The van der Waals surface area contributed by atoms with Crippen LogP contribution >= 0.6 is 11.8 Å². The molecule has 82 valence electrons. The molecule has 0 saturated heterocycles. The van der Waals surface area contributed by atoms with E-state index in [1.54, 1.807) is 0 Å². The minimum absolute atomic E-state index is 0.0962. The minimum atomic E-state index is 0.0962. The topological polar surface area (TPSA) is 12.4 Å². The van der Waals surface area contributed by atoms with E-state index in [1.165, 1.54) is 5.57 Å². The first-order valence-electron chi connectivity index (χ1n) is 4.96.